The maximum atomic E-state index is 12.0. The summed E-state index contributed by atoms with van der Waals surface area (Å²) in [5.41, 5.74) is 2.19. The van der Waals surface area contributed by atoms with Crippen molar-refractivity contribution >= 4 is 11.8 Å². The number of carbonyl (C=O) groups excluding carboxylic acids is 2. The first kappa shape index (κ1) is 16.9. The third-order valence-electron chi connectivity index (χ3n) is 3.37. The number of hydrogen-bond acceptors (Lipinski definition) is 4. The van der Waals surface area contributed by atoms with Gasteiger partial charge in [0.25, 0.3) is 5.78 Å². The molecule has 0 unspecified atom stereocenters. The van der Waals surface area contributed by atoms with Gasteiger partial charge in [-0.25, -0.2) is 4.79 Å². The van der Waals surface area contributed by atoms with Crippen LogP contribution in [0, 0.1) is 0 Å². The Kier molecular flexibility index (Phi) is 6.51. The normalized spacial score (nSPS) is 10.5. The monoisotopic (exact) mass is 311 g/mol. The first-order chi connectivity index (χ1) is 11.2. The van der Waals surface area contributed by atoms with E-state index in [-0.39, 0.29) is 13.2 Å². The molecule has 120 valence electrons. The molecule has 0 atom stereocenters. The van der Waals surface area contributed by atoms with Gasteiger partial charge in [0.1, 0.15) is 0 Å². The van der Waals surface area contributed by atoms with Crippen LogP contribution in [0.1, 0.15) is 18.1 Å². The van der Waals surface area contributed by atoms with Gasteiger partial charge in [0.05, 0.1) is 13.2 Å². The van der Waals surface area contributed by atoms with Crippen LogP contribution in [0.4, 0.5) is 0 Å². The summed E-state index contributed by atoms with van der Waals surface area (Å²) in [7, 11) is 0. The van der Waals surface area contributed by atoms with Crippen LogP contribution in [0.25, 0.3) is 0 Å². The fourth-order valence-electron chi connectivity index (χ4n) is 2.33. The summed E-state index contributed by atoms with van der Waals surface area (Å²) >= 11 is 0. The molecule has 0 saturated heterocycles. The average Bonchev–Trinajstić information content (AvgIpc) is 2.57. The van der Waals surface area contributed by atoms with Gasteiger partial charge >= 0.3 is 5.97 Å². The first-order valence-electron chi connectivity index (χ1n) is 7.69. The van der Waals surface area contributed by atoms with Crippen molar-refractivity contribution in [1.82, 2.24) is 4.90 Å². The second-order valence-electron chi connectivity index (χ2n) is 5.26. The van der Waals surface area contributed by atoms with E-state index in [0.29, 0.717) is 13.1 Å². The standard InChI is InChI=1S/C19H21NO3/c1-2-23-19(22)18(21)15-20(13-16-9-5-3-6-10-16)14-17-11-7-4-8-12-17/h3-12H,2,13-15H2,1H3. The smallest absolute Gasteiger partial charge is 0.375 e. The number of ketones is 1. The van der Waals surface area contributed by atoms with E-state index in [1.807, 2.05) is 65.6 Å². The fourth-order valence-corrected chi connectivity index (χ4v) is 2.33. The number of esters is 1. The minimum Gasteiger partial charge on any atom is -0.460 e. The fraction of sp³-hybridized carbons (Fsp3) is 0.263. The van der Waals surface area contributed by atoms with Crippen molar-refractivity contribution in [3.63, 3.8) is 0 Å². The van der Waals surface area contributed by atoms with Gasteiger partial charge in [-0.15, -0.1) is 0 Å². The third kappa shape index (κ3) is 5.68. The largest absolute Gasteiger partial charge is 0.460 e. The number of carbonyl (C=O) groups is 2. The topological polar surface area (TPSA) is 46.6 Å². The van der Waals surface area contributed by atoms with Gasteiger partial charge in [0.2, 0.25) is 0 Å². The lowest BCUT2D eigenvalue weighted by Crippen LogP contribution is -2.33. The lowest BCUT2D eigenvalue weighted by Gasteiger charge is -2.21. The van der Waals surface area contributed by atoms with E-state index < -0.39 is 11.8 Å². The first-order valence-corrected chi connectivity index (χ1v) is 7.69. The van der Waals surface area contributed by atoms with Gasteiger partial charge in [-0.2, -0.15) is 0 Å². The zero-order valence-electron chi connectivity index (χ0n) is 13.3. The van der Waals surface area contributed by atoms with Gasteiger partial charge in [-0.05, 0) is 18.1 Å². The molecule has 0 aliphatic heterocycles. The highest BCUT2D eigenvalue weighted by Crippen LogP contribution is 2.10. The Balaban J connectivity index is 2.07. The molecule has 0 fully saturated rings. The molecule has 0 saturated carbocycles. The van der Waals surface area contributed by atoms with Crippen molar-refractivity contribution in [2.24, 2.45) is 0 Å². The molecule has 0 radical (unpaired) electrons. The highest BCUT2D eigenvalue weighted by molar-refractivity contribution is 6.34. The minimum atomic E-state index is -0.765. The molecule has 4 heteroatoms. The van der Waals surface area contributed by atoms with E-state index in [1.54, 1.807) is 6.92 Å². The van der Waals surface area contributed by atoms with E-state index in [4.69, 9.17) is 4.74 Å². The van der Waals surface area contributed by atoms with Crippen molar-refractivity contribution in [2.75, 3.05) is 13.2 Å². The molecule has 2 aromatic carbocycles. The highest BCUT2D eigenvalue weighted by Gasteiger charge is 2.19. The van der Waals surface area contributed by atoms with Gasteiger partial charge in [0, 0.05) is 13.1 Å². The van der Waals surface area contributed by atoms with Crippen LogP contribution < -0.4 is 0 Å². The summed E-state index contributed by atoms with van der Waals surface area (Å²) in [6.07, 6.45) is 0. The Labute approximate surface area is 136 Å². The summed E-state index contributed by atoms with van der Waals surface area (Å²) in [6, 6.07) is 19.8. The Morgan fingerprint density at radius 1 is 0.870 bits per heavy atom. The van der Waals surface area contributed by atoms with E-state index >= 15 is 0 Å². The quantitative estimate of drug-likeness (QED) is 0.555. The Morgan fingerprint density at radius 3 is 1.78 bits per heavy atom. The van der Waals surface area contributed by atoms with Crippen LogP contribution in [-0.4, -0.2) is 29.8 Å². The predicted molar refractivity (Wildman–Crippen MR) is 88.6 cm³/mol. The Bertz CT molecular complexity index is 584. The summed E-state index contributed by atoms with van der Waals surface area (Å²) in [4.78, 5) is 25.5. The van der Waals surface area contributed by atoms with Crippen molar-refractivity contribution in [1.29, 1.82) is 0 Å². The molecule has 0 heterocycles. The average molecular weight is 311 g/mol. The molecule has 0 bridgehead atoms. The van der Waals surface area contributed by atoms with Crippen molar-refractivity contribution in [3.05, 3.63) is 71.8 Å². The summed E-state index contributed by atoms with van der Waals surface area (Å²) in [5, 5.41) is 0. The second kappa shape index (κ2) is 8.86. The maximum absolute atomic E-state index is 12.0. The molecule has 2 aromatic rings. The van der Waals surface area contributed by atoms with Crippen LogP contribution in [0.2, 0.25) is 0 Å². The van der Waals surface area contributed by atoms with E-state index in [0.717, 1.165) is 11.1 Å². The van der Waals surface area contributed by atoms with Crippen LogP contribution in [0.3, 0.4) is 0 Å². The molecule has 0 spiro atoms. The second-order valence-corrected chi connectivity index (χ2v) is 5.26. The highest BCUT2D eigenvalue weighted by atomic mass is 16.5. The van der Waals surface area contributed by atoms with Gasteiger partial charge in [0.15, 0.2) is 0 Å². The number of benzene rings is 2. The number of ether oxygens (including phenoxy) is 1. The number of Topliss-reactive ketones (excluding diaryl/α,β-unsaturated/α-hetero) is 1. The van der Waals surface area contributed by atoms with Crippen molar-refractivity contribution in [3.8, 4) is 0 Å². The van der Waals surface area contributed by atoms with Gasteiger partial charge < -0.3 is 4.74 Å². The predicted octanol–water partition coefficient (Wildman–Crippen LogP) is 2.82. The summed E-state index contributed by atoms with van der Waals surface area (Å²) in [5.74, 6) is -1.28. The molecular formula is C19H21NO3. The Hall–Kier alpha value is -2.46. The van der Waals surface area contributed by atoms with Crippen LogP contribution in [0.5, 0.6) is 0 Å². The van der Waals surface area contributed by atoms with E-state index in [9.17, 15) is 9.59 Å². The summed E-state index contributed by atoms with van der Waals surface area (Å²) < 4.78 is 4.79. The minimum absolute atomic E-state index is 0.0443. The summed E-state index contributed by atoms with van der Waals surface area (Å²) in [6.45, 7) is 3.14. The molecular weight excluding hydrogens is 290 g/mol. The van der Waals surface area contributed by atoms with Crippen LogP contribution in [-0.2, 0) is 27.4 Å². The molecule has 4 nitrogen and oxygen atoms in total. The zero-order chi connectivity index (χ0) is 16.5. The van der Waals surface area contributed by atoms with Crippen molar-refractivity contribution in [2.45, 2.75) is 20.0 Å². The van der Waals surface area contributed by atoms with Crippen molar-refractivity contribution < 1.29 is 14.3 Å². The third-order valence-corrected chi connectivity index (χ3v) is 3.37. The lowest BCUT2D eigenvalue weighted by atomic mass is 10.1. The number of nitrogens with zero attached hydrogens (tertiary/aromatic N) is 1. The molecule has 0 N–H and O–H groups in total. The maximum Gasteiger partial charge on any atom is 0.375 e. The van der Waals surface area contributed by atoms with Gasteiger partial charge in [-0.3, -0.25) is 9.69 Å². The SMILES string of the molecule is CCOC(=O)C(=O)CN(Cc1ccccc1)Cc1ccccc1. The molecule has 0 aliphatic carbocycles. The zero-order valence-corrected chi connectivity index (χ0v) is 13.3. The molecule has 0 aliphatic rings. The van der Waals surface area contributed by atoms with Gasteiger partial charge in [-0.1, -0.05) is 60.7 Å². The molecule has 23 heavy (non-hydrogen) atoms. The molecule has 2 rings (SSSR count). The van der Waals surface area contributed by atoms with Crippen LogP contribution >= 0.6 is 0 Å². The van der Waals surface area contributed by atoms with E-state index in [2.05, 4.69) is 0 Å². The van der Waals surface area contributed by atoms with Crippen LogP contribution in [0.15, 0.2) is 60.7 Å². The molecule has 0 aromatic heterocycles. The number of hydrogen-bond donors (Lipinski definition) is 0. The van der Waals surface area contributed by atoms with E-state index in [1.165, 1.54) is 0 Å². The molecule has 0 amide bonds. The lowest BCUT2D eigenvalue weighted by molar-refractivity contribution is -0.154. The number of rotatable bonds is 8. The Morgan fingerprint density at radius 2 is 1.35 bits per heavy atom.